The molecule has 5 rings (SSSR count). The summed E-state index contributed by atoms with van der Waals surface area (Å²) in [7, 11) is 0. The zero-order valence-electron chi connectivity index (χ0n) is 21.5. The third-order valence-corrected chi connectivity index (χ3v) is 7.47. The molecule has 2 aliphatic heterocycles. The number of aryl methyl sites for hydroxylation is 2. The van der Waals surface area contributed by atoms with E-state index in [0.29, 0.717) is 0 Å². The Morgan fingerprint density at radius 3 is 2.28 bits per heavy atom. The molecule has 4 nitrogen and oxygen atoms in total. The highest BCUT2D eigenvalue weighted by molar-refractivity contribution is 6.15. The zero-order chi connectivity index (χ0) is 25.1. The molecule has 0 aliphatic carbocycles. The number of aliphatic imine (C=N–C) groups is 1. The maximum atomic E-state index is 5.16. The standard InChI is InChI=1S/C32H36N4/c1-24-14-17-28(18-15-24)19-16-25(2)34-20-22-35(23-21-34)27(4)32-33-31-13-9-8-12-30(31)26(3)36(32)29-10-6-5-7-11-29/h5-15,17-18,27H,2-3,16,19-23H2,1,4H3. The van der Waals surface area contributed by atoms with Crippen LogP contribution in [0.25, 0.3) is 5.70 Å². The molecule has 0 aromatic heterocycles. The minimum Gasteiger partial charge on any atom is -0.373 e. The molecule has 1 saturated heterocycles. The van der Waals surface area contributed by atoms with E-state index in [4.69, 9.17) is 4.99 Å². The van der Waals surface area contributed by atoms with Crippen LogP contribution < -0.4 is 4.90 Å². The minimum atomic E-state index is 0.165. The Morgan fingerprint density at radius 2 is 1.56 bits per heavy atom. The number of nitrogens with zero attached hydrogens (tertiary/aromatic N) is 4. The van der Waals surface area contributed by atoms with E-state index < -0.39 is 0 Å². The molecule has 0 bridgehead atoms. The fourth-order valence-corrected chi connectivity index (χ4v) is 5.18. The Morgan fingerprint density at radius 1 is 0.889 bits per heavy atom. The molecule has 184 valence electrons. The van der Waals surface area contributed by atoms with Crippen molar-refractivity contribution in [3.05, 3.63) is 114 Å². The number of hydrogen-bond donors (Lipinski definition) is 0. The first-order valence-corrected chi connectivity index (χ1v) is 13.0. The van der Waals surface area contributed by atoms with Crippen LogP contribution in [0.1, 0.15) is 30.0 Å². The van der Waals surface area contributed by atoms with Crippen molar-refractivity contribution in [2.24, 2.45) is 4.99 Å². The second-order valence-corrected chi connectivity index (χ2v) is 9.86. The van der Waals surface area contributed by atoms with E-state index in [1.54, 1.807) is 0 Å². The predicted octanol–water partition coefficient (Wildman–Crippen LogP) is 6.67. The Bertz CT molecular complexity index is 1250. The van der Waals surface area contributed by atoms with Gasteiger partial charge in [0.05, 0.1) is 11.7 Å². The zero-order valence-corrected chi connectivity index (χ0v) is 21.5. The Hall–Kier alpha value is -3.63. The van der Waals surface area contributed by atoms with Crippen LogP contribution in [-0.2, 0) is 6.42 Å². The summed E-state index contributed by atoms with van der Waals surface area (Å²) in [6.45, 7) is 17.3. The number of piperazine rings is 1. The summed E-state index contributed by atoms with van der Waals surface area (Å²) in [6, 6.07) is 27.8. The van der Waals surface area contributed by atoms with E-state index in [-0.39, 0.29) is 6.04 Å². The van der Waals surface area contributed by atoms with Crippen molar-refractivity contribution in [2.45, 2.75) is 32.7 Å². The highest BCUT2D eigenvalue weighted by Crippen LogP contribution is 2.37. The van der Waals surface area contributed by atoms with Gasteiger partial charge in [-0.25, -0.2) is 4.99 Å². The van der Waals surface area contributed by atoms with Crippen molar-refractivity contribution in [2.75, 3.05) is 31.1 Å². The summed E-state index contributed by atoms with van der Waals surface area (Å²) >= 11 is 0. The minimum absolute atomic E-state index is 0.165. The molecule has 0 saturated carbocycles. The van der Waals surface area contributed by atoms with Crippen molar-refractivity contribution in [1.29, 1.82) is 0 Å². The quantitative estimate of drug-likeness (QED) is 0.380. The van der Waals surface area contributed by atoms with Crippen LogP contribution in [0.5, 0.6) is 0 Å². The van der Waals surface area contributed by atoms with Gasteiger partial charge in [0, 0.05) is 48.8 Å². The molecule has 0 N–H and O–H groups in total. The molecule has 3 aromatic carbocycles. The van der Waals surface area contributed by atoms with Crippen LogP contribution in [0.4, 0.5) is 11.4 Å². The highest BCUT2D eigenvalue weighted by atomic mass is 15.3. The van der Waals surface area contributed by atoms with Crippen LogP contribution in [0.3, 0.4) is 0 Å². The van der Waals surface area contributed by atoms with Gasteiger partial charge in [-0.1, -0.05) is 79.4 Å². The monoisotopic (exact) mass is 476 g/mol. The Kier molecular flexibility index (Phi) is 7.06. The molecule has 2 heterocycles. The number of hydrogen-bond acceptors (Lipinski definition) is 4. The molecule has 1 fully saturated rings. The van der Waals surface area contributed by atoms with E-state index in [9.17, 15) is 0 Å². The molecule has 0 amide bonds. The first-order chi connectivity index (χ1) is 17.5. The Balaban J connectivity index is 1.27. The Labute approximate surface area is 215 Å². The fraction of sp³-hybridized carbons (Fsp3) is 0.281. The predicted molar refractivity (Wildman–Crippen MR) is 153 cm³/mol. The van der Waals surface area contributed by atoms with Crippen LogP contribution in [-0.4, -0.2) is 47.9 Å². The molecular formula is C32H36N4. The first-order valence-electron chi connectivity index (χ1n) is 13.0. The van der Waals surface area contributed by atoms with Gasteiger partial charge < -0.3 is 4.90 Å². The normalized spacial score (nSPS) is 16.9. The molecule has 0 spiro atoms. The van der Waals surface area contributed by atoms with Gasteiger partial charge in [-0.15, -0.1) is 0 Å². The lowest BCUT2D eigenvalue weighted by molar-refractivity contribution is 0.144. The number of para-hydroxylation sites is 2. The van der Waals surface area contributed by atoms with Crippen molar-refractivity contribution < 1.29 is 0 Å². The summed E-state index contributed by atoms with van der Waals surface area (Å²) in [6.07, 6.45) is 2.05. The average molecular weight is 477 g/mol. The fourth-order valence-electron chi connectivity index (χ4n) is 5.18. The van der Waals surface area contributed by atoms with Gasteiger partial charge in [0.2, 0.25) is 0 Å². The van der Waals surface area contributed by atoms with Crippen LogP contribution in [0, 0.1) is 6.92 Å². The second-order valence-electron chi connectivity index (χ2n) is 9.86. The van der Waals surface area contributed by atoms with E-state index in [1.165, 1.54) is 16.8 Å². The SMILES string of the molecule is C=C(CCc1ccc(C)cc1)N1CCN(C(C)C2=Nc3ccccc3C(=C)N2c2ccccc2)CC1. The number of amidine groups is 1. The third kappa shape index (κ3) is 5.00. The summed E-state index contributed by atoms with van der Waals surface area (Å²) in [5.41, 5.74) is 8.11. The smallest absolute Gasteiger partial charge is 0.131 e. The lowest BCUT2D eigenvalue weighted by Crippen LogP contribution is -2.54. The maximum Gasteiger partial charge on any atom is 0.131 e. The lowest BCUT2D eigenvalue weighted by atomic mass is 10.0. The van der Waals surface area contributed by atoms with Gasteiger partial charge in [-0.05, 0) is 50.5 Å². The lowest BCUT2D eigenvalue weighted by Gasteiger charge is -2.43. The molecule has 3 aromatic rings. The summed E-state index contributed by atoms with van der Waals surface area (Å²) in [5, 5.41) is 0. The van der Waals surface area contributed by atoms with Crippen LogP contribution in [0.2, 0.25) is 0 Å². The van der Waals surface area contributed by atoms with Crippen molar-refractivity contribution >= 4 is 22.9 Å². The van der Waals surface area contributed by atoms with Crippen LogP contribution in [0.15, 0.2) is 103 Å². The molecule has 2 aliphatic rings. The van der Waals surface area contributed by atoms with E-state index in [2.05, 4.69) is 121 Å². The molecule has 1 unspecified atom stereocenters. The van der Waals surface area contributed by atoms with Gasteiger partial charge >= 0.3 is 0 Å². The number of anilines is 1. The molecule has 0 radical (unpaired) electrons. The number of fused-ring (bicyclic) bond motifs is 1. The van der Waals surface area contributed by atoms with Gasteiger partial charge in [-0.2, -0.15) is 0 Å². The van der Waals surface area contributed by atoms with Gasteiger partial charge in [0.15, 0.2) is 0 Å². The van der Waals surface area contributed by atoms with Gasteiger partial charge in [0.1, 0.15) is 5.84 Å². The third-order valence-electron chi connectivity index (χ3n) is 7.47. The van der Waals surface area contributed by atoms with Crippen molar-refractivity contribution in [1.82, 2.24) is 9.80 Å². The number of rotatable bonds is 7. The summed E-state index contributed by atoms with van der Waals surface area (Å²) in [4.78, 5) is 12.4. The average Bonchev–Trinajstić information content (AvgIpc) is 2.92. The van der Waals surface area contributed by atoms with Crippen molar-refractivity contribution in [3.63, 3.8) is 0 Å². The summed E-state index contributed by atoms with van der Waals surface area (Å²) in [5.74, 6) is 1.04. The van der Waals surface area contributed by atoms with Gasteiger partial charge in [0.25, 0.3) is 0 Å². The first kappa shape index (κ1) is 24.1. The van der Waals surface area contributed by atoms with E-state index in [1.807, 2.05) is 0 Å². The van der Waals surface area contributed by atoms with E-state index >= 15 is 0 Å². The van der Waals surface area contributed by atoms with Crippen LogP contribution >= 0.6 is 0 Å². The highest BCUT2D eigenvalue weighted by Gasteiger charge is 2.32. The second kappa shape index (κ2) is 10.5. The maximum absolute atomic E-state index is 5.16. The topological polar surface area (TPSA) is 22.1 Å². The number of benzene rings is 3. The molecular weight excluding hydrogens is 440 g/mol. The molecule has 4 heteroatoms. The molecule has 1 atom stereocenters. The van der Waals surface area contributed by atoms with Crippen molar-refractivity contribution in [3.8, 4) is 0 Å². The summed E-state index contributed by atoms with van der Waals surface area (Å²) < 4.78 is 0. The largest absolute Gasteiger partial charge is 0.373 e. The number of allylic oxidation sites excluding steroid dienone is 1. The van der Waals surface area contributed by atoms with E-state index in [0.717, 1.165) is 67.5 Å². The van der Waals surface area contributed by atoms with Gasteiger partial charge in [-0.3, -0.25) is 9.80 Å². The molecule has 36 heavy (non-hydrogen) atoms.